The van der Waals surface area contributed by atoms with Crippen molar-refractivity contribution in [2.24, 2.45) is 0 Å². The Kier molecular flexibility index (Phi) is 8.67. The predicted octanol–water partition coefficient (Wildman–Crippen LogP) is 2.79. The Morgan fingerprint density at radius 2 is 1.23 bits per heavy atom. The summed E-state index contributed by atoms with van der Waals surface area (Å²) in [4.78, 5) is 2.60. The summed E-state index contributed by atoms with van der Waals surface area (Å²) >= 11 is 0. The van der Waals surface area contributed by atoms with E-state index in [4.69, 9.17) is 0 Å². The highest BCUT2D eigenvalue weighted by Crippen LogP contribution is 2.25. The lowest BCUT2D eigenvalue weighted by Gasteiger charge is -2.22. The molecule has 0 unspecified atom stereocenters. The normalized spacial score (nSPS) is 12.0. The van der Waals surface area contributed by atoms with Gasteiger partial charge in [0.1, 0.15) is 0 Å². The van der Waals surface area contributed by atoms with Crippen LogP contribution in [0.15, 0.2) is 0 Å². The summed E-state index contributed by atoms with van der Waals surface area (Å²) in [5, 5.41) is 0. The fraction of sp³-hybridized carbons (Fsp3) is 1.00. The van der Waals surface area contributed by atoms with Gasteiger partial charge in [0.25, 0.3) is 0 Å². The van der Waals surface area contributed by atoms with Crippen molar-refractivity contribution in [3.05, 3.63) is 0 Å². The molecular formula is C10H25NP2. The van der Waals surface area contributed by atoms with Crippen LogP contribution in [0.2, 0.25) is 0 Å². The second kappa shape index (κ2) is 8.16. The standard InChI is InChI=1S/C10H25NP2/c1-6-11(7-9-12(2)3)8-10-13(4)5/h6-10H2,1-5H3. The van der Waals surface area contributed by atoms with Gasteiger partial charge in [-0.3, -0.25) is 0 Å². The molecule has 0 heterocycles. The van der Waals surface area contributed by atoms with E-state index in [1.54, 1.807) is 0 Å². The first-order valence-corrected chi connectivity index (χ1v) is 9.92. The molecule has 0 fully saturated rings. The molecule has 0 radical (unpaired) electrons. The van der Waals surface area contributed by atoms with E-state index in [0.29, 0.717) is 15.8 Å². The fourth-order valence-electron chi connectivity index (χ4n) is 1.11. The third-order valence-corrected chi connectivity index (χ3v) is 4.36. The molecule has 80 valence electrons. The Morgan fingerprint density at radius 1 is 0.846 bits per heavy atom. The maximum atomic E-state index is 2.60. The molecule has 0 bridgehead atoms. The SMILES string of the molecule is CCN(CCP(C)C)CCP(C)C. The van der Waals surface area contributed by atoms with Gasteiger partial charge in [0.15, 0.2) is 0 Å². The van der Waals surface area contributed by atoms with Crippen LogP contribution in [-0.2, 0) is 0 Å². The molecule has 0 spiro atoms. The topological polar surface area (TPSA) is 3.24 Å². The van der Waals surface area contributed by atoms with Crippen molar-refractivity contribution in [1.82, 2.24) is 4.90 Å². The Hall–Kier alpha value is 0.820. The molecule has 0 aromatic carbocycles. The highest BCUT2D eigenvalue weighted by Gasteiger charge is 2.03. The lowest BCUT2D eigenvalue weighted by molar-refractivity contribution is 0.325. The molecular weight excluding hydrogens is 196 g/mol. The maximum absolute atomic E-state index is 2.60. The zero-order valence-corrected chi connectivity index (χ0v) is 11.7. The predicted molar refractivity (Wildman–Crippen MR) is 69.4 cm³/mol. The van der Waals surface area contributed by atoms with Gasteiger partial charge in [0, 0.05) is 13.1 Å². The van der Waals surface area contributed by atoms with Crippen LogP contribution in [-0.4, -0.2) is 63.5 Å². The average molecular weight is 221 g/mol. The molecule has 0 aromatic heterocycles. The largest absolute Gasteiger partial charge is 0.303 e. The van der Waals surface area contributed by atoms with Gasteiger partial charge in [-0.05, 0) is 45.5 Å². The molecule has 0 rings (SSSR count). The summed E-state index contributed by atoms with van der Waals surface area (Å²) in [7, 11) is 0.598. The molecule has 0 aliphatic rings. The fourth-order valence-corrected chi connectivity index (χ4v) is 2.48. The first-order chi connectivity index (χ1) is 6.06. The third-order valence-electron chi connectivity index (χ3n) is 2.17. The number of hydrogen-bond acceptors (Lipinski definition) is 1. The van der Waals surface area contributed by atoms with Gasteiger partial charge >= 0.3 is 0 Å². The summed E-state index contributed by atoms with van der Waals surface area (Å²) in [6.45, 7) is 15.6. The molecule has 3 heteroatoms. The van der Waals surface area contributed by atoms with E-state index in [-0.39, 0.29) is 0 Å². The quantitative estimate of drug-likeness (QED) is 0.597. The first kappa shape index (κ1) is 13.8. The van der Waals surface area contributed by atoms with E-state index in [2.05, 4.69) is 38.5 Å². The molecule has 1 nitrogen and oxygen atoms in total. The number of nitrogens with zero attached hydrogens (tertiary/aromatic N) is 1. The van der Waals surface area contributed by atoms with Crippen LogP contribution in [0.1, 0.15) is 6.92 Å². The Morgan fingerprint density at radius 3 is 1.46 bits per heavy atom. The Labute approximate surface area is 86.8 Å². The minimum atomic E-state index is 0.299. The first-order valence-electron chi connectivity index (χ1n) is 5.08. The molecule has 0 saturated heterocycles. The lowest BCUT2D eigenvalue weighted by Crippen LogP contribution is -2.28. The second-order valence-electron chi connectivity index (χ2n) is 4.04. The van der Waals surface area contributed by atoms with Crippen molar-refractivity contribution >= 4 is 15.8 Å². The molecule has 0 N–H and O–H groups in total. The molecule has 0 aliphatic heterocycles. The van der Waals surface area contributed by atoms with Crippen molar-refractivity contribution in [1.29, 1.82) is 0 Å². The third kappa shape index (κ3) is 9.13. The lowest BCUT2D eigenvalue weighted by atomic mass is 10.5. The van der Waals surface area contributed by atoms with Crippen molar-refractivity contribution < 1.29 is 0 Å². The van der Waals surface area contributed by atoms with Crippen LogP contribution < -0.4 is 0 Å². The molecule has 0 aromatic rings. The minimum Gasteiger partial charge on any atom is -0.303 e. The van der Waals surface area contributed by atoms with Crippen molar-refractivity contribution in [2.45, 2.75) is 6.92 Å². The van der Waals surface area contributed by atoms with E-state index in [0.717, 1.165) is 0 Å². The van der Waals surface area contributed by atoms with Crippen LogP contribution in [0.4, 0.5) is 0 Å². The van der Waals surface area contributed by atoms with E-state index < -0.39 is 0 Å². The van der Waals surface area contributed by atoms with Gasteiger partial charge in [0.05, 0.1) is 0 Å². The van der Waals surface area contributed by atoms with Gasteiger partial charge in [-0.25, -0.2) is 0 Å². The second-order valence-corrected chi connectivity index (χ2v) is 9.25. The van der Waals surface area contributed by atoms with Crippen LogP contribution in [0.25, 0.3) is 0 Å². The molecule has 0 atom stereocenters. The molecule has 0 aliphatic carbocycles. The summed E-state index contributed by atoms with van der Waals surface area (Å²) in [6, 6.07) is 0. The summed E-state index contributed by atoms with van der Waals surface area (Å²) in [5.41, 5.74) is 0. The van der Waals surface area contributed by atoms with Crippen molar-refractivity contribution in [3.63, 3.8) is 0 Å². The monoisotopic (exact) mass is 221 g/mol. The Balaban J connectivity index is 3.51. The van der Waals surface area contributed by atoms with Crippen LogP contribution in [0.5, 0.6) is 0 Å². The average Bonchev–Trinajstić information content (AvgIpc) is 2.04. The van der Waals surface area contributed by atoms with Gasteiger partial charge in [-0.1, -0.05) is 6.92 Å². The highest BCUT2D eigenvalue weighted by molar-refractivity contribution is 7.56. The highest BCUT2D eigenvalue weighted by atomic mass is 31.1. The zero-order chi connectivity index (χ0) is 10.3. The van der Waals surface area contributed by atoms with E-state index >= 15 is 0 Å². The van der Waals surface area contributed by atoms with E-state index in [9.17, 15) is 0 Å². The van der Waals surface area contributed by atoms with Crippen molar-refractivity contribution in [3.8, 4) is 0 Å². The van der Waals surface area contributed by atoms with Gasteiger partial charge in [-0.15, -0.1) is 15.8 Å². The van der Waals surface area contributed by atoms with Crippen LogP contribution in [0, 0.1) is 0 Å². The minimum absolute atomic E-state index is 0.299. The van der Waals surface area contributed by atoms with Crippen molar-refractivity contribution in [2.75, 3.05) is 58.6 Å². The Bertz CT molecular complexity index is 103. The van der Waals surface area contributed by atoms with E-state index in [1.165, 1.54) is 32.0 Å². The summed E-state index contributed by atoms with van der Waals surface area (Å²) < 4.78 is 0. The number of hydrogen-bond donors (Lipinski definition) is 0. The van der Waals surface area contributed by atoms with Gasteiger partial charge < -0.3 is 4.90 Å². The van der Waals surface area contributed by atoms with Crippen LogP contribution in [0.3, 0.4) is 0 Å². The molecule has 0 saturated carbocycles. The summed E-state index contributed by atoms with van der Waals surface area (Å²) in [5.74, 6) is 0. The molecule has 0 amide bonds. The zero-order valence-electron chi connectivity index (χ0n) is 9.88. The van der Waals surface area contributed by atoms with E-state index in [1.807, 2.05) is 0 Å². The van der Waals surface area contributed by atoms with Gasteiger partial charge in [0.2, 0.25) is 0 Å². The molecule has 13 heavy (non-hydrogen) atoms. The summed E-state index contributed by atoms with van der Waals surface area (Å²) in [6.07, 6.45) is 2.82. The van der Waals surface area contributed by atoms with Crippen LogP contribution >= 0.6 is 15.8 Å². The number of rotatable bonds is 7. The maximum Gasteiger partial charge on any atom is 0.00205 e. The smallest absolute Gasteiger partial charge is 0.00205 e. The van der Waals surface area contributed by atoms with Gasteiger partial charge in [-0.2, -0.15) is 0 Å².